The SMILES string of the molecule is CCNc1cc(Nc2cc(Br)ccc2C#N)nc(C)n1. The summed E-state index contributed by atoms with van der Waals surface area (Å²) >= 11 is 3.40. The average Bonchev–Trinajstić information content (AvgIpc) is 2.38. The molecule has 1 heterocycles. The number of benzene rings is 1. The number of nitriles is 1. The first-order chi connectivity index (χ1) is 9.62. The molecular weight excluding hydrogens is 318 g/mol. The van der Waals surface area contributed by atoms with Crippen molar-refractivity contribution in [3.05, 3.63) is 40.1 Å². The first-order valence-corrected chi connectivity index (χ1v) is 6.98. The second-order valence-corrected chi connectivity index (χ2v) is 5.06. The van der Waals surface area contributed by atoms with Gasteiger partial charge in [0, 0.05) is 17.1 Å². The van der Waals surface area contributed by atoms with E-state index >= 15 is 0 Å². The summed E-state index contributed by atoms with van der Waals surface area (Å²) in [6.07, 6.45) is 0. The van der Waals surface area contributed by atoms with Crippen molar-refractivity contribution in [1.29, 1.82) is 5.26 Å². The molecule has 0 bridgehead atoms. The molecule has 0 atom stereocenters. The normalized spacial score (nSPS) is 9.90. The highest BCUT2D eigenvalue weighted by molar-refractivity contribution is 9.10. The van der Waals surface area contributed by atoms with Crippen molar-refractivity contribution in [3.63, 3.8) is 0 Å². The van der Waals surface area contributed by atoms with Crippen molar-refractivity contribution in [1.82, 2.24) is 9.97 Å². The molecule has 0 amide bonds. The molecule has 2 aromatic rings. The van der Waals surface area contributed by atoms with Crippen LogP contribution >= 0.6 is 15.9 Å². The Labute approximate surface area is 126 Å². The first kappa shape index (κ1) is 14.3. The van der Waals surface area contributed by atoms with E-state index in [0.29, 0.717) is 22.9 Å². The number of halogens is 1. The zero-order valence-electron chi connectivity index (χ0n) is 11.2. The van der Waals surface area contributed by atoms with Crippen LogP contribution in [0.1, 0.15) is 18.3 Å². The summed E-state index contributed by atoms with van der Waals surface area (Å²) < 4.78 is 0.900. The standard InChI is InChI=1S/C14H14BrN5/c1-3-17-13-7-14(19-9(2)18-13)20-12-6-11(15)5-4-10(12)8-16/h4-7H,3H2,1-2H3,(H2,17,18,19,20). The van der Waals surface area contributed by atoms with E-state index in [4.69, 9.17) is 5.26 Å². The molecular formula is C14H14BrN5. The van der Waals surface area contributed by atoms with Crippen LogP contribution in [0.3, 0.4) is 0 Å². The van der Waals surface area contributed by atoms with Crippen LogP contribution in [-0.4, -0.2) is 16.5 Å². The van der Waals surface area contributed by atoms with Crippen molar-refractivity contribution < 1.29 is 0 Å². The Morgan fingerprint density at radius 1 is 1.25 bits per heavy atom. The molecule has 0 aliphatic carbocycles. The van der Waals surface area contributed by atoms with Gasteiger partial charge in [-0.2, -0.15) is 5.26 Å². The van der Waals surface area contributed by atoms with Gasteiger partial charge in [0.1, 0.15) is 23.5 Å². The summed E-state index contributed by atoms with van der Waals surface area (Å²) in [5.41, 5.74) is 1.27. The van der Waals surface area contributed by atoms with Gasteiger partial charge in [-0.05, 0) is 32.0 Å². The maximum Gasteiger partial charge on any atom is 0.136 e. The lowest BCUT2D eigenvalue weighted by molar-refractivity contribution is 1.04. The van der Waals surface area contributed by atoms with Gasteiger partial charge in [0.2, 0.25) is 0 Å². The number of nitrogens with zero attached hydrogens (tertiary/aromatic N) is 3. The van der Waals surface area contributed by atoms with Gasteiger partial charge >= 0.3 is 0 Å². The van der Waals surface area contributed by atoms with E-state index in [-0.39, 0.29) is 0 Å². The van der Waals surface area contributed by atoms with Gasteiger partial charge in [-0.3, -0.25) is 0 Å². The second kappa shape index (κ2) is 6.35. The van der Waals surface area contributed by atoms with Crippen molar-refractivity contribution >= 4 is 33.3 Å². The molecule has 6 heteroatoms. The van der Waals surface area contributed by atoms with Crippen molar-refractivity contribution in [3.8, 4) is 6.07 Å². The van der Waals surface area contributed by atoms with E-state index < -0.39 is 0 Å². The van der Waals surface area contributed by atoms with E-state index in [1.54, 1.807) is 6.07 Å². The summed E-state index contributed by atoms with van der Waals surface area (Å²) in [5.74, 6) is 2.08. The molecule has 2 rings (SSSR count). The van der Waals surface area contributed by atoms with Crippen molar-refractivity contribution in [2.24, 2.45) is 0 Å². The number of aromatic nitrogens is 2. The minimum absolute atomic E-state index is 0.564. The van der Waals surface area contributed by atoms with Crippen LogP contribution in [0.5, 0.6) is 0 Å². The topological polar surface area (TPSA) is 73.6 Å². The quantitative estimate of drug-likeness (QED) is 0.895. The van der Waals surface area contributed by atoms with Gasteiger partial charge in [-0.25, -0.2) is 9.97 Å². The largest absolute Gasteiger partial charge is 0.370 e. The molecule has 0 saturated carbocycles. The number of nitrogens with one attached hydrogen (secondary N) is 2. The zero-order chi connectivity index (χ0) is 14.5. The van der Waals surface area contributed by atoms with Crippen LogP contribution < -0.4 is 10.6 Å². The Balaban J connectivity index is 2.35. The fraction of sp³-hybridized carbons (Fsp3) is 0.214. The summed E-state index contributed by atoms with van der Waals surface area (Å²) in [6, 6.07) is 9.41. The molecule has 0 unspecified atom stereocenters. The maximum atomic E-state index is 9.13. The number of anilines is 3. The lowest BCUT2D eigenvalue weighted by Gasteiger charge is -2.10. The molecule has 5 nitrogen and oxygen atoms in total. The summed E-state index contributed by atoms with van der Waals surface area (Å²) in [5, 5.41) is 15.4. The smallest absolute Gasteiger partial charge is 0.136 e. The van der Waals surface area contributed by atoms with Gasteiger partial charge in [0.25, 0.3) is 0 Å². The Hall–Kier alpha value is -2.13. The van der Waals surface area contributed by atoms with Gasteiger partial charge in [0.15, 0.2) is 0 Å². The molecule has 1 aromatic carbocycles. The summed E-state index contributed by atoms with van der Waals surface area (Å²) in [6.45, 7) is 4.63. The van der Waals surface area contributed by atoms with Crippen LogP contribution in [0.4, 0.5) is 17.3 Å². The minimum atomic E-state index is 0.564. The Bertz CT molecular complexity index is 663. The molecule has 102 valence electrons. The molecule has 20 heavy (non-hydrogen) atoms. The van der Waals surface area contributed by atoms with Gasteiger partial charge in [-0.15, -0.1) is 0 Å². The third-order valence-electron chi connectivity index (χ3n) is 2.56. The number of rotatable bonds is 4. The second-order valence-electron chi connectivity index (χ2n) is 4.14. The Morgan fingerprint density at radius 3 is 2.70 bits per heavy atom. The molecule has 0 aliphatic heterocycles. The molecule has 0 fully saturated rings. The van der Waals surface area contributed by atoms with E-state index in [1.165, 1.54) is 0 Å². The predicted octanol–water partition coefficient (Wildman–Crippen LogP) is 3.59. The highest BCUT2D eigenvalue weighted by Crippen LogP contribution is 2.24. The lowest BCUT2D eigenvalue weighted by Crippen LogP contribution is -2.04. The number of hydrogen-bond donors (Lipinski definition) is 2. The predicted molar refractivity (Wildman–Crippen MR) is 83.1 cm³/mol. The van der Waals surface area contributed by atoms with Crippen LogP contribution in [0.25, 0.3) is 0 Å². The summed E-state index contributed by atoms with van der Waals surface area (Å²) in [4.78, 5) is 8.62. The average molecular weight is 332 g/mol. The van der Waals surface area contributed by atoms with E-state index in [1.807, 2.05) is 32.0 Å². The highest BCUT2D eigenvalue weighted by Gasteiger charge is 2.06. The highest BCUT2D eigenvalue weighted by atomic mass is 79.9. The van der Waals surface area contributed by atoms with Crippen LogP contribution in [0, 0.1) is 18.3 Å². The Kier molecular flexibility index (Phi) is 4.53. The van der Waals surface area contributed by atoms with Crippen molar-refractivity contribution in [2.75, 3.05) is 17.2 Å². The molecule has 0 radical (unpaired) electrons. The Morgan fingerprint density at radius 2 is 2.00 bits per heavy atom. The van der Waals surface area contributed by atoms with E-state index in [0.717, 1.165) is 16.8 Å². The van der Waals surface area contributed by atoms with Crippen molar-refractivity contribution in [2.45, 2.75) is 13.8 Å². The minimum Gasteiger partial charge on any atom is -0.370 e. The number of hydrogen-bond acceptors (Lipinski definition) is 5. The monoisotopic (exact) mass is 331 g/mol. The van der Waals surface area contributed by atoms with E-state index in [2.05, 4.69) is 42.6 Å². The first-order valence-electron chi connectivity index (χ1n) is 6.18. The number of aryl methyl sites for hydroxylation is 1. The lowest BCUT2D eigenvalue weighted by atomic mass is 10.2. The van der Waals surface area contributed by atoms with Crippen LogP contribution in [0.15, 0.2) is 28.7 Å². The van der Waals surface area contributed by atoms with E-state index in [9.17, 15) is 0 Å². The van der Waals surface area contributed by atoms with Crippen LogP contribution in [-0.2, 0) is 0 Å². The molecule has 0 spiro atoms. The fourth-order valence-corrected chi connectivity index (χ4v) is 2.12. The van der Waals surface area contributed by atoms with Crippen LogP contribution in [0.2, 0.25) is 0 Å². The molecule has 1 aromatic heterocycles. The fourth-order valence-electron chi connectivity index (χ4n) is 1.76. The summed E-state index contributed by atoms with van der Waals surface area (Å²) in [7, 11) is 0. The molecule has 0 saturated heterocycles. The zero-order valence-corrected chi connectivity index (χ0v) is 12.8. The van der Waals surface area contributed by atoms with Gasteiger partial charge < -0.3 is 10.6 Å². The molecule has 2 N–H and O–H groups in total. The third-order valence-corrected chi connectivity index (χ3v) is 3.05. The van der Waals surface area contributed by atoms with Gasteiger partial charge in [0.05, 0.1) is 11.3 Å². The van der Waals surface area contributed by atoms with Gasteiger partial charge in [-0.1, -0.05) is 15.9 Å². The maximum absolute atomic E-state index is 9.13. The third kappa shape index (κ3) is 3.45. The molecule has 0 aliphatic rings.